The van der Waals surface area contributed by atoms with Crippen molar-refractivity contribution in [3.8, 4) is 11.5 Å². The Morgan fingerprint density at radius 3 is 2.67 bits per heavy atom. The zero-order valence-corrected chi connectivity index (χ0v) is 11.1. The van der Waals surface area contributed by atoms with Crippen LogP contribution in [0.2, 0.25) is 0 Å². The van der Waals surface area contributed by atoms with Crippen LogP contribution in [0.5, 0.6) is 11.5 Å². The monoisotopic (exact) mass is 250 g/mol. The lowest BCUT2D eigenvalue weighted by atomic mass is 10.0. The highest BCUT2D eigenvalue weighted by Gasteiger charge is 2.28. The van der Waals surface area contributed by atoms with Crippen LogP contribution in [0.25, 0.3) is 0 Å². The first-order chi connectivity index (χ1) is 8.63. The summed E-state index contributed by atoms with van der Waals surface area (Å²) in [5.41, 5.74) is 0.641. The van der Waals surface area contributed by atoms with Gasteiger partial charge >= 0.3 is 0 Å². The minimum absolute atomic E-state index is 0.0491. The van der Waals surface area contributed by atoms with Crippen molar-refractivity contribution in [3.63, 3.8) is 0 Å². The molecule has 1 aliphatic rings. The highest BCUT2D eigenvalue weighted by molar-refractivity contribution is 5.45. The van der Waals surface area contributed by atoms with Crippen LogP contribution < -0.4 is 5.32 Å². The van der Waals surface area contributed by atoms with E-state index in [4.69, 9.17) is 0 Å². The molecule has 0 saturated carbocycles. The molecule has 1 aromatic carbocycles. The van der Waals surface area contributed by atoms with Crippen molar-refractivity contribution in [2.24, 2.45) is 5.92 Å². The number of nitrogens with zero attached hydrogens (tertiary/aromatic N) is 1. The number of phenols is 2. The average molecular weight is 250 g/mol. The van der Waals surface area contributed by atoms with Crippen molar-refractivity contribution in [1.82, 2.24) is 10.2 Å². The van der Waals surface area contributed by atoms with Gasteiger partial charge in [-0.25, -0.2) is 0 Å². The van der Waals surface area contributed by atoms with Gasteiger partial charge in [-0.05, 0) is 51.5 Å². The third kappa shape index (κ3) is 2.60. The van der Waals surface area contributed by atoms with Crippen LogP contribution in [-0.4, -0.2) is 41.8 Å². The number of phenolic OH excluding ortho intramolecular Hbond substituents is 2. The lowest BCUT2D eigenvalue weighted by Gasteiger charge is -2.26. The summed E-state index contributed by atoms with van der Waals surface area (Å²) in [6, 6.07) is 4.97. The summed E-state index contributed by atoms with van der Waals surface area (Å²) in [6.07, 6.45) is 1.17. The van der Waals surface area contributed by atoms with E-state index in [9.17, 15) is 10.2 Å². The van der Waals surface area contributed by atoms with Gasteiger partial charge in [0.2, 0.25) is 0 Å². The minimum atomic E-state index is 0.0491. The zero-order valence-electron chi connectivity index (χ0n) is 11.1. The number of nitrogens with one attached hydrogen (secondary N) is 1. The van der Waals surface area contributed by atoms with Gasteiger partial charge in [-0.15, -0.1) is 0 Å². The van der Waals surface area contributed by atoms with E-state index in [0.717, 1.165) is 19.6 Å². The van der Waals surface area contributed by atoms with Crippen LogP contribution in [0.4, 0.5) is 0 Å². The number of aromatic hydroxyl groups is 2. The van der Waals surface area contributed by atoms with Gasteiger partial charge in [0.1, 0.15) is 11.5 Å². The van der Waals surface area contributed by atoms with E-state index in [-0.39, 0.29) is 17.5 Å². The number of hydrogen-bond donors (Lipinski definition) is 3. The predicted octanol–water partition coefficient (Wildman–Crippen LogP) is 1.70. The smallest absolute Gasteiger partial charge is 0.124 e. The Labute approximate surface area is 108 Å². The molecule has 1 saturated heterocycles. The van der Waals surface area contributed by atoms with E-state index in [1.165, 1.54) is 6.42 Å². The SMILES string of the molecule is CNCC1CCN(C(C)c2c(O)cccc2O)C1. The molecule has 100 valence electrons. The molecule has 1 fully saturated rings. The van der Waals surface area contributed by atoms with E-state index in [0.29, 0.717) is 11.5 Å². The molecule has 2 atom stereocenters. The molecule has 1 heterocycles. The van der Waals surface area contributed by atoms with Crippen LogP contribution in [0.3, 0.4) is 0 Å². The fraction of sp³-hybridized carbons (Fsp3) is 0.571. The van der Waals surface area contributed by atoms with Crippen LogP contribution in [0, 0.1) is 5.92 Å². The maximum Gasteiger partial charge on any atom is 0.124 e. The first-order valence-electron chi connectivity index (χ1n) is 6.53. The molecule has 0 radical (unpaired) electrons. The molecule has 18 heavy (non-hydrogen) atoms. The lowest BCUT2D eigenvalue weighted by molar-refractivity contribution is 0.242. The summed E-state index contributed by atoms with van der Waals surface area (Å²) >= 11 is 0. The Balaban J connectivity index is 2.10. The molecular formula is C14H22N2O2. The molecule has 1 aromatic rings. The van der Waals surface area contributed by atoms with Crippen LogP contribution in [0.15, 0.2) is 18.2 Å². The second-order valence-corrected chi connectivity index (χ2v) is 5.09. The second-order valence-electron chi connectivity index (χ2n) is 5.09. The summed E-state index contributed by atoms with van der Waals surface area (Å²) < 4.78 is 0. The lowest BCUT2D eigenvalue weighted by Crippen LogP contribution is -2.27. The Bertz CT molecular complexity index is 389. The van der Waals surface area contributed by atoms with E-state index < -0.39 is 0 Å². The normalized spacial score (nSPS) is 22.2. The fourth-order valence-electron chi connectivity index (χ4n) is 2.82. The van der Waals surface area contributed by atoms with Crippen molar-refractivity contribution in [2.45, 2.75) is 19.4 Å². The van der Waals surface area contributed by atoms with Crippen molar-refractivity contribution in [3.05, 3.63) is 23.8 Å². The fourth-order valence-corrected chi connectivity index (χ4v) is 2.82. The van der Waals surface area contributed by atoms with Gasteiger partial charge in [0.25, 0.3) is 0 Å². The third-order valence-corrected chi connectivity index (χ3v) is 3.84. The molecule has 2 rings (SSSR count). The molecule has 1 aliphatic heterocycles. The summed E-state index contributed by atoms with van der Waals surface area (Å²) in [4.78, 5) is 2.32. The highest BCUT2D eigenvalue weighted by Crippen LogP contribution is 2.37. The molecule has 4 nitrogen and oxygen atoms in total. The average Bonchev–Trinajstić information content (AvgIpc) is 2.78. The van der Waals surface area contributed by atoms with Crippen molar-refractivity contribution in [2.75, 3.05) is 26.7 Å². The molecule has 0 bridgehead atoms. The van der Waals surface area contributed by atoms with E-state index in [2.05, 4.69) is 10.2 Å². The predicted molar refractivity (Wildman–Crippen MR) is 71.8 cm³/mol. The van der Waals surface area contributed by atoms with Crippen molar-refractivity contribution >= 4 is 0 Å². The van der Waals surface area contributed by atoms with Crippen molar-refractivity contribution in [1.29, 1.82) is 0 Å². The molecule has 0 aliphatic carbocycles. The van der Waals surface area contributed by atoms with Crippen LogP contribution in [-0.2, 0) is 0 Å². The molecule has 0 spiro atoms. The van der Waals surface area contributed by atoms with Gasteiger partial charge in [-0.3, -0.25) is 4.90 Å². The second kappa shape index (κ2) is 5.59. The maximum absolute atomic E-state index is 9.89. The molecule has 4 heteroatoms. The number of hydrogen-bond acceptors (Lipinski definition) is 4. The Morgan fingerprint density at radius 2 is 2.06 bits per heavy atom. The van der Waals surface area contributed by atoms with E-state index in [1.54, 1.807) is 18.2 Å². The largest absolute Gasteiger partial charge is 0.507 e. The first kappa shape index (κ1) is 13.2. The first-order valence-corrected chi connectivity index (χ1v) is 6.53. The third-order valence-electron chi connectivity index (χ3n) is 3.84. The number of likely N-dealkylation sites (tertiary alicyclic amines) is 1. The number of rotatable bonds is 4. The van der Waals surface area contributed by atoms with Gasteiger partial charge in [-0.1, -0.05) is 6.07 Å². The molecule has 2 unspecified atom stereocenters. The maximum atomic E-state index is 9.89. The quantitative estimate of drug-likeness (QED) is 0.761. The van der Waals surface area contributed by atoms with Gasteiger partial charge in [0.15, 0.2) is 0 Å². The highest BCUT2D eigenvalue weighted by atomic mass is 16.3. The van der Waals surface area contributed by atoms with E-state index in [1.807, 2.05) is 14.0 Å². The molecule has 0 aromatic heterocycles. The Hall–Kier alpha value is -1.26. The summed E-state index contributed by atoms with van der Waals surface area (Å²) in [7, 11) is 1.97. The van der Waals surface area contributed by atoms with Gasteiger partial charge < -0.3 is 15.5 Å². The standard InChI is InChI=1S/C14H22N2O2/c1-10(14-12(17)4-3-5-13(14)18)16-7-6-11(9-16)8-15-2/h3-5,10-11,15,17-18H,6-9H2,1-2H3. The van der Waals surface area contributed by atoms with Crippen molar-refractivity contribution < 1.29 is 10.2 Å². The summed E-state index contributed by atoms with van der Waals surface area (Å²) in [5, 5.41) is 23.0. The van der Waals surface area contributed by atoms with Gasteiger partial charge in [0.05, 0.1) is 5.56 Å². The molecular weight excluding hydrogens is 228 g/mol. The molecule has 3 N–H and O–H groups in total. The number of benzene rings is 1. The summed E-state index contributed by atoms with van der Waals surface area (Å²) in [6.45, 7) is 5.09. The Kier molecular flexibility index (Phi) is 4.09. The van der Waals surface area contributed by atoms with Gasteiger partial charge in [0, 0.05) is 12.6 Å². The zero-order chi connectivity index (χ0) is 13.1. The van der Waals surface area contributed by atoms with Crippen LogP contribution in [0.1, 0.15) is 24.9 Å². The van der Waals surface area contributed by atoms with Crippen LogP contribution >= 0.6 is 0 Å². The topological polar surface area (TPSA) is 55.7 Å². The summed E-state index contributed by atoms with van der Waals surface area (Å²) in [5.74, 6) is 1.02. The Morgan fingerprint density at radius 1 is 1.39 bits per heavy atom. The van der Waals surface area contributed by atoms with Gasteiger partial charge in [-0.2, -0.15) is 0 Å². The minimum Gasteiger partial charge on any atom is -0.507 e. The van der Waals surface area contributed by atoms with E-state index >= 15 is 0 Å². The molecule has 0 amide bonds.